The molecule has 0 aromatic carbocycles. The second-order valence-corrected chi connectivity index (χ2v) is 7.66. The van der Waals surface area contributed by atoms with E-state index in [4.69, 9.17) is 4.74 Å². The largest absolute Gasteiger partial charge is 0.369 e. The monoisotopic (exact) mass is 334 g/mol. The van der Waals surface area contributed by atoms with Gasteiger partial charge in [-0.1, -0.05) is 13.8 Å². The number of aromatic nitrogens is 3. The lowest BCUT2D eigenvalue weighted by Crippen LogP contribution is -2.32. The van der Waals surface area contributed by atoms with Gasteiger partial charge in [0.1, 0.15) is 11.9 Å². The van der Waals surface area contributed by atoms with Gasteiger partial charge in [-0.05, 0) is 19.3 Å². The third kappa shape index (κ3) is 4.00. The number of aryl methyl sites for hydroxylation is 1. The van der Waals surface area contributed by atoms with Crippen molar-refractivity contribution in [2.24, 2.45) is 5.92 Å². The molecule has 0 saturated carbocycles. The van der Waals surface area contributed by atoms with Crippen LogP contribution in [0.1, 0.15) is 49.0 Å². The second-order valence-electron chi connectivity index (χ2n) is 6.46. The van der Waals surface area contributed by atoms with Crippen molar-refractivity contribution < 1.29 is 4.74 Å². The molecule has 0 spiro atoms. The molecule has 2 aromatic rings. The molecule has 6 heteroatoms. The van der Waals surface area contributed by atoms with Gasteiger partial charge in [-0.3, -0.25) is 0 Å². The third-order valence-corrected chi connectivity index (χ3v) is 5.18. The van der Waals surface area contributed by atoms with E-state index in [9.17, 15) is 0 Å². The summed E-state index contributed by atoms with van der Waals surface area (Å²) in [5.74, 6) is 1.69. The van der Waals surface area contributed by atoms with Gasteiger partial charge in [0.15, 0.2) is 0 Å². The van der Waals surface area contributed by atoms with Gasteiger partial charge in [-0.25, -0.2) is 9.97 Å². The fourth-order valence-electron chi connectivity index (χ4n) is 3.00. The Morgan fingerprint density at radius 3 is 3.09 bits per heavy atom. The number of rotatable bonds is 7. The summed E-state index contributed by atoms with van der Waals surface area (Å²) in [6.07, 6.45) is 8.03. The molecule has 0 radical (unpaired) electrons. The number of nitrogens with one attached hydrogen (secondary N) is 1. The highest BCUT2D eigenvalue weighted by Gasteiger charge is 2.32. The molecule has 0 unspecified atom stereocenters. The predicted molar refractivity (Wildman–Crippen MR) is 92.5 cm³/mol. The van der Waals surface area contributed by atoms with E-state index in [0.717, 1.165) is 38.4 Å². The van der Waals surface area contributed by atoms with Crippen LogP contribution in [0.2, 0.25) is 0 Å². The number of imidazole rings is 1. The predicted octanol–water partition coefficient (Wildman–Crippen LogP) is 3.18. The van der Waals surface area contributed by atoms with Crippen molar-refractivity contribution in [2.45, 2.75) is 58.8 Å². The molecule has 1 saturated heterocycles. The molecular formula is C17H26N4OS. The van der Waals surface area contributed by atoms with E-state index in [1.54, 1.807) is 0 Å². The fraction of sp³-hybridized carbons (Fsp3) is 0.647. The summed E-state index contributed by atoms with van der Waals surface area (Å²) < 4.78 is 8.11. The summed E-state index contributed by atoms with van der Waals surface area (Å²) in [5, 5.41) is 4.88. The minimum absolute atomic E-state index is 0.0491. The Morgan fingerprint density at radius 1 is 1.43 bits per heavy atom. The van der Waals surface area contributed by atoms with Crippen molar-refractivity contribution in [3.05, 3.63) is 34.3 Å². The normalized spacial score (nSPS) is 21.4. The van der Waals surface area contributed by atoms with Crippen LogP contribution in [-0.4, -0.2) is 27.2 Å². The highest BCUT2D eigenvalue weighted by molar-refractivity contribution is 7.11. The van der Waals surface area contributed by atoms with Gasteiger partial charge < -0.3 is 14.6 Å². The first-order valence-electron chi connectivity index (χ1n) is 8.47. The number of nitrogens with zero attached hydrogens (tertiary/aromatic N) is 3. The molecule has 5 nitrogen and oxygen atoms in total. The molecule has 0 bridgehead atoms. The van der Waals surface area contributed by atoms with Gasteiger partial charge in [0.2, 0.25) is 0 Å². The Labute approximate surface area is 142 Å². The number of thiazole rings is 1. The van der Waals surface area contributed by atoms with Crippen LogP contribution < -0.4 is 5.32 Å². The van der Waals surface area contributed by atoms with E-state index < -0.39 is 0 Å². The Bertz CT molecular complexity index is 622. The maximum absolute atomic E-state index is 5.94. The Morgan fingerprint density at radius 2 is 2.30 bits per heavy atom. The quantitative estimate of drug-likeness (QED) is 0.845. The highest BCUT2D eigenvalue weighted by atomic mass is 32.1. The number of hydrogen-bond donors (Lipinski definition) is 1. The van der Waals surface area contributed by atoms with Crippen molar-refractivity contribution >= 4 is 11.3 Å². The van der Waals surface area contributed by atoms with Crippen molar-refractivity contribution in [1.29, 1.82) is 0 Å². The SMILES string of the molecule is CCn1ccnc1[C@H]1OCC[C@@H]1NCc1cnc(CC(C)C)s1. The highest BCUT2D eigenvalue weighted by Crippen LogP contribution is 2.28. The van der Waals surface area contributed by atoms with E-state index in [1.807, 2.05) is 29.9 Å². The van der Waals surface area contributed by atoms with E-state index in [2.05, 4.69) is 40.6 Å². The summed E-state index contributed by atoms with van der Waals surface area (Å²) in [6.45, 7) is 9.17. The zero-order valence-corrected chi connectivity index (χ0v) is 15.0. The summed E-state index contributed by atoms with van der Waals surface area (Å²) in [4.78, 5) is 10.3. The molecule has 1 fully saturated rings. The molecule has 0 aliphatic carbocycles. The summed E-state index contributed by atoms with van der Waals surface area (Å²) in [5.41, 5.74) is 0. The van der Waals surface area contributed by atoms with Crippen LogP contribution in [0.4, 0.5) is 0 Å². The zero-order valence-electron chi connectivity index (χ0n) is 14.2. The topological polar surface area (TPSA) is 52.0 Å². The lowest BCUT2D eigenvalue weighted by Gasteiger charge is -2.20. The van der Waals surface area contributed by atoms with Crippen LogP contribution in [0.5, 0.6) is 0 Å². The van der Waals surface area contributed by atoms with Crippen LogP contribution in [0.25, 0.3) is 0 Å². The maximum Gasteiger partial charge on any atom is 0.139 e. The summed E-state index contributed by atoms with van der Waals surface area (Å²) >= 11 is 1.82. The van der Waals surface area contributed by atoms with Gasteiger partial charge in [-0.15, -0.1) is 11.3 Å². The molecule has 1 N–H and O–H groups in total. The second kappa shape index (κ2) is 7.55. The summed E-state index contributed by atoms with van der Waals surface area (Å²) in [6, 6.07) is 0.318. The number of hydrogen-bond acceptors (Lipinski definition) is 5. The standard InChI is InChI=1S/C17H26N4OS/c1-4-21-7-6-18-17(21)16-14(5-8-22-16)19-10-13-11-20-15(23-13)9-12(2)3/h6-7,11-12,14,16,19H,4-5,8-10H2,1-3H3/t14-,16-/m0/s1. The van der Waals surface area contributed by atoms with Crippen LogP contribution in [0.15, 0.2) is 18.6 Å². The zero-order chi connectivity index (χ0) is 16.2. The molecule has 2 aromatic heterocycles. The first-order valence-corrected chi connectivity index (χ1v) is 9.28. The van der Waals surface area contributed by atoms with Gasteiger partial charge in [0, 0.05) is 55.6 Å². The third-order valence-electron chi connectivity index (χ3n) is 4.16. The average Bonchev–Trinajstić information content (AvgIpc) is 3.24. The van der Waals surface area contributed by atoms with Crippen LogP contribution in [0.3, 0.4) is 0 Å². The Kier molecular flexibility index (Phi) is 5.46. The lowest BCUT2D eigenvalue weighted by molar-refractivity contribution is 0.0886. The van der Waals surface area contributed by atoms with Crippen LogP contribution >= 0.6 is 11.3 Å². The maximum atomic E-state index is 5.94. The number of ether oxygens (including phenoxy) is 1. The smallest absolute Gasteiger partial charge is 0.139 e. The van der Waals surface area contributed by atoms with Crippen LogP contribution in [-0.2, 0) is 24.2 Å². The van der Waals surface area contributed by atoms with E-state index in [0.29, 0.717) is 12.0 Å². The molecule has 126 valence electrons. The summed E-state index contributed by atoms with van der Waals surface area (Å²) in [7, 11) is 0. The molecule has 3 rings (SSSR count). The van der Waals surface area contributed by atoms with E-state index in [1.165, 1.54) is 9.88 Å². The van der Waals surface area contributed by atoms with Gasteiger partial charge in [-0.2, -0.15) is 0 Å². The minimum Gasteiger partial charge on any atom is -0.369 e. The van der Waals surface area contributed by atoms with Crippen LogP contribution in [0, 0.1) is 5.92 Å². The molecule has 1 aliphatic heterocycles. The first kappa shape index (κ1) is 16.6. The lowest BCUT2D eigenvalue weighted by atomic mass is 10.1. The van der Waals surface area contributed by atoms with Gasteiger partial charge in [0.25, 0.3) is 0 Å². The van der Waals surface area contributed by atoms with Gasteiger partial charge in [0.05, 0.1) is 5.01 Å². The Balaban J connectivity index is 1.60. The van der Waals surface area contributed by atoms with E-state index in [-0.39, 0.29) is 6.10 Å². The van der Waals surface area contributed by atoms with Crippen molar-refractivity contribution in [3.63, 3.8) is 0 Å². The molecule has 3 heterocycles. The molecule has 1 aliphatic rings. The molecule has 23 heavy (non-hydrogen) atoms. The average molecular weight is 334 g/mol. The molecule has 2 atom stereocenters. The fourth-order valence-corrected chi connectivity index (χ4v) is 4.09. The minimum atomic E-state index is 0.0491. The van der Waals surface area contributed by atoms with E-state index >= 15 is 0 Å². The first-order chi connectivity index (χ1) is 11.2. The Hall–Kier alpha value is -1.24. The van der Waals surface area contributed by atoms with Gasteiger partial charge >= 0.3 is 0 Å². The van der Waals surface area contributed by atoms with Crippen molar-refractivity contribution in [1.82, 2.24) is 19.9 Å². The molecular weight excluding hydrogens is 308 g/mol. The molecule has 0 amide bonds. The van der Waals surface area contributed by atoms with Crippen molar-refractivity contribution in [3.8, 4) is 0 Å². The van der Waals surface area contributed by atoms with Crippen molar-refractivity contribution in [2.75, 3.05) is 6.61 Å².